The fourth-order valence-corrected chi connectivity index (χ4v) is 1.68. The first kappa shape index (κ1) is 9.64. The number of aliphatic hydroxyl groups is 1. The second kappa shape index (κ2) is 4.54. The Morgan fingerprint density at radius 3 is 2.92 bits per heavy atom. The summed E-state index contributed by atoms with van der Waals surface area (Å²) in [5.41, 5.74) is 0. The maximum absolute atomic E-state index is 12.5. The largest absolute Gasteiger partial charge is 0.388 e. The summed E-state index contributed by atoms with van der Waals surface area (Å²) in [4.78, 5) is 0.697. The number of halogens is 1. The highest BCUT2D eigenvalue weighted by Gasteiger charge is 2.09. The molecule has 1 aromatic rings. The summed E-state index contributed by atoms with van der Waals surface area (Å²) in [6.07, 6.45) is 0.0862. The third-order valence-corrected chi connectivity index (χ3v) is 2.57. The van der Waals surface area contributed by atoms with Crippen molar-refractivity contribution >= 4 is 11.3 Å². The standard InChI is InChI=1S/C8H12FNOS/c1-10-5-4-6(11)7-2-3-8(9)12-7/h2-3,6,10-11H,4-5H2,1H3. The van der Waals surface area contributed by atoms with Gasteiger partial charge in [0.25, 0.3) is 0 Å². The highest BCUT2D eigenvalue weighted by molar-refractivity contribution is 7.10. The van der Waals surface area contributed by atoms with Crippen LogP contribution in [0.1, 0.15) is 17.4 Å². The van der Waals surface area contributed by atoms with Gasteiger partial charge in [-0.2, -0.15) is 4.39 Å². The van der Waals surface area contributed by atoms with Gasteiger partial charge in [0.1, 0.15) is 0 Å². The molecule has 68 valence electrons. The van der Waals surface area contributed by atoms with Gasteiger partial charge in [-0.25, -0.2) is 0 Å². The van der Waals surface area contributed by atoms with Gasteiger partial charge in [-0.05, 0) is 32.1 Å². The Labute approximate surface area is 75.0 Å². The monoisotopic (exact) mass is 189 g/mol. The highest BCUT2D eigenvalue weighted by atomic mass is 32.1. The molecule has 0 aliphatic heterocycles. The van der Waals surface area contributed by atoms with Crippen LogP contribution in [0.3, 0.4) is 0 Å². The third kappa shape index (κ3) is 2.55. The van der Waals surface area contributed by atoms with Crippen molar-refractivity contribution < 1.29 is 9.50 Å². The van der Waals surface area contributed by atoms with Crippen LogP contribution >= 0.6 is 11.3 Å². The van der Waals surface area contributed by atoms with Crippen LogP contribution < -0.4 is 5.32 Å². The van der Waals surface area contributed by atoms with Gasteiger partial charge in [-0.15, -0.1) is 11.3 Å². The van der Waals surface area contributed by atoms with Gasteiger partial charge < -0.3 is 10.4 Å². The zero-order valence-electron chi connectivity index (χ0n) is 6.88. The Balaban J connectivity index is 2.47. The highest BCUT2D eigenvalue weighted by Crippen LogP contribution is 2.23. The van der Waals surface area contributed by atoms with Crippen LogP contribution in [0.25, 0.3) is 0 Å². The van der Waals surface area contributed by atoms with Crippen LogP contribution in [0.2, 0.25) is 0 Å². The van der Waals surface area contributed by atoms with E-state index in [0.29, 0.717) is 11.3 Å². The van der Waals surface area contributed by atoms with Crippen molar-refractivity contribution in [1.82, 2.24) is 5.32 Å². The minimum Gasteiger partial charge on any atom is -0.388 e. The van der Waals surface area contributed by atoms with E-state index in [1.165, 1.54) is 6.07 Å². The maximum Gasteiger partial charge on any atom is 0.176 e. The number of thiophene rings is 1. The van der Waals surface area contributed by atoms with Crippen LogP contribution in [0.15, 0.2) is 12.1 Å². The molecule has 0 saturated carbocycles. The molecule has 0 aliphatic carbocycles. The van der Waals surface area contributed by atoms with E-state index >= 15 is 0 Å². The molecule has 2 nitrogen and oxygen atoms in total. The summed E-state index contributed by atoms with van der Waals surface area (Å²) < 4.78 is 12.5. The van der Waals surface area contributed by atoms with Crippen LogP contribution in [-0.4, -0.2) is 18.7 Å². The lowest BCUT2D eigenvalue weighted by molar-refractivity contribution is 0.171. The molecule has 1 heterocycles. The van der Waals surface area contributed by atoms with Gasteiger partial charge in [-0.1, -0.05) is 0 Å². The topological polar surface area (TPSA) is 32.3 Å². The van der Waals surface area contributed by atoms with Gasteiger partial charge in [0.05, 0.1) is 6.10 Å². The third-order valence-electron chi connectivity index (χ3n) is 1.59. The Kier molecular flexibility index (Phi) is 3.65. The van der Waals surface area contributed by atoms with Crippen LogP contribution in [-0.2, 0) is 0 Å². The summed E-state index contributed by atoms with van der Waals surface area (Å²) in [5.74, 6) is 0. The maximum atomic E-state index is 12.5. The van der Waals surface area contributed by atoms with Crippen molar-refractivity contribution in [2.45, 2.75) is 12.5 Å². The Hall–Kier alpha value is -0.450. The molecule has 1 rings (SSSR count). The van der Waals surface area contributed by atoms with Gasteiger partial charge in [0.15, 0.2) is 5.13 Å². The van der Waals surface area contributed by atoms with E-state index in [2.05, 4.69) is 5.32 Å². The van der Waals surface area contributed by atoms with Crippen molar-refractivity contribution in [1.29, 1.82) is 0 Å². The van der Waals surface area contributed by atoms with Crippen LogP contribution in [0.4, 0.5) is 4.39 Å². The average molecular weight is 189 g/mol. The lowest BCUT2D eigenvalue weighted by Crippen LogP contribution is -2.11. The lowest BCUT2D eigenvalue weighted by atomic mass is 10.2. The van der Waals surface area contributed by atoms with Gasteiger partial charge in [0.2, 0.25) is 0 Å². The van der Waals surface area contributed by atoms with E-state index in [9.17, 15) is 9.50 Å². The van der Waals surface area contributed by atoms with Crippen molar-refractivity contribution in [2.24, 2.45) is 0 Å². The van der Waals surface area contributed by atoms with E-state index in [1.807, 2.05) is 7.05 Å². The zero-order valence-corrected chi connectivity index (χ0v) is 7.70. The van der Waals surface area contributed by atoms with E-state index in [1.54, 1.807) is 6.07 Å². The molecular formula is C8H12FNOS. The molecule has 0 amide bonds. The van der Waals surface area contributed by atoms with Crippen molar-refractivity contribution in [3.63, 3.8) is 0 Å². The average Bonchev–Trinajstić information content (AvgIpc) is 2.47. The first-order chi connectivity index (χ1) is 5.74. The number of rotatable bonds is 4. The predicted octanol–water partition coefficient (Wildman–Crippen LogP) is 1.53. The minimum atomic E-state index is -0.535. The Morgan fingerprint density at radius 1 is 1.67 bits per heavy atom. The molecule has 1 unspecified atom stereocenters. The summed E-state index contributed by atoms with van der Waals surface area (Å²) in [6, 6.07) is 3.00. The SMILES string of the molecule is CNCCC(O)c1ccc(F)s1. The molecule has 12 heavy (non-hydrogen) atoms. The number of hydrogen-bond acceptors (Lipinski definition) is 3. The second-order valence-electron chi connectivity index (χ2n) is 2.55. The van der Waals surface area contributed by atoms with Crippen molar-refractivity contribution in [3.05, 3.63) is 22.1 Å². The number of nitrogens with one attached hydrogen (secondary N) is 1. The first-order valence-corrected chi connectivity index (χ1v) is 4.63. The molecule has 0 radical (unpaired) electrons. The number of aliphatic hydroxyl groups excluding tert-OH is 1. The number of hydrogen-bond donors (Lipinski definition) is 2. The van der Waals surface area contributed by atoms with E-state index in [0.717, 1.165) is 17.9 Å². The van der Waals surface area contributed by atoms with Crippen LogP contribution in [0, 0.1) is 5.13 Å². The summed E-state index contributed by atoms with van der Waals surface area (Å²) in [6.45, 7) is 0.737. The Bertz CT molecular complexity index is 239. The van der Waals surface area contributed by atoms with E-state index in [-0.39, 0.29) is 5.13 Å². The normalized spacial score (nSPS) is 13.2. The van der Waals surface area contributed by atoms with Gasteiger partial charge in [0, 0.05) is 4.88 Å². The quantitative estimate of drug-likeness (QED) is 0.753. The van der Waals surface area contributed by atoms with Gasteiger partial charge >= 0.3 is 0 Å². The molecule has 0 spiro atoms. The van der Waals surface area contributed by atoms with Crippen molar-refractivity contribution in [2.75, 3.05) is 13.6 Å². The molecule has 0 aliphatic rings. The van der Waals surface area contributed by atoms with Gasteiger partial charge in [-0.3, -0.25) is 0 Å². The first-order valence-electron chi connectivity index (χ1n) is 3.82. The summed E-state index contributed by atoms with van der Waals surface area (Å²) in [5, 5.41) is 12.2. The van der Waals surface area contributed by atoms with Crippen LogP contribution in [0.5, 0.6) is 0 Å². The minimum absolute atomic E-state index is 0.242. The lowest BCUT2D eigenvalue weighted by Gasteiger charge is -2.06. The second-order valence-corrected chi connectivity index (χ2v) is 3.62. The predicted molar refractivity (Wildman–Crippen MR) is 47.8 cm³/mol. The fourth-order valence-electron chi connectivity index (χ4n) is 0.931. The van der Waals surface area contributed by atoms with E-state index in [4.69, 9.17) is 0 Å². The Morgan fingerprint density at radius 2 is 2.42 bits per heavy atom. The molecular weight excluding hydrogens is 177 g/mol. The molecule has 4 heteroatoms. The molecule has 2 N–H and O–H groups in total. The molecule has 1 atom stereocenters. The molecule has 0 aromatic carbocycles. The van der Waals surface area contributed by atoms with Crippen molar-refractivity contribution in [3.8, 4) is 0 Å². The summed E-state index contributed by atoms with van der Waals surface area (Å²) >= 11 is 1.00. The molecule has 0 fully saturated rings. The molecule has 0 bridgehead atoms. The smallest absolute Gasteiger partial charge is 0.176 e. The zero-order chi connectivity index (χ0) is 8.97. The molecule has 0 saturated heterocycles. The van der Waals surface area contributed by atoms with E-state index < -0.39 is 6.10 Å². The molecule has 1 aromatic heterocycles. The summed E-state index contributed by atoms with van der Waals surface area (Å²) in [7, 11) is 1.82. The fraction of sp³-hybridized carbons (Fsp3) is 0.500.